The number of aromatic nitrogens is 1. The monoisotopic (exact) mass is 589 g/mol. The molecule has 1 aromatic heterocycles. The van der Waals surface area contributed by atoms with Gasteiger partial charge in [-0.1, -0.05) is 35.9 Å². The van der Waals surface area contributed by atoms with Crippen LogP contribution in [-0.2, 0) is 16.0 Å². The van der Waals surface area contributed by atoms with Crippen LogP contribution in [-0.4, -0.2) is 90.4 Å². The van der Waals surface area contributed by atoms with Crippen molar-refractivity contribution in [2.24, 2.45) is 4.99 Å². The number of anilines is 1. The van der Waals surface area contributed by atoms with E-state index in [9.17, 15) is 14.7 Å². The van der Waals surface area contributed by atoms with Crippen LogP contribution in [0.5, 0.6) is 5.88 Å². The fourth-order valence-electron chi connectivity index (χ4n) is 4.60. The molecule has 4 aromatic rings. The number of nitrogens with one attached hydrogen (secondary N) is 1. The number of aliphatic carboxylic acids is 1. The molecule has 0 aliphatic carbocycles. The van der Waals surface area contributed by atoms with Crippen LogP contribution in [0, 0.1) is 0 Å². The number of H-pyrrole nitrogens is 1. The summed E-state index contributed by atoms with van der Waals surface area (Å²) < 4.78 is 0. The summed E-state index contributed by atoms with van der Waals surface area (Å²) in [7, 11) is 7.69. The van der Waals surface area contributed by atoms with E-state index in [0.717, 1.165) is 35.3 Å². The van der Waals surface area contributed by atoms with Crippen LogP contribution in [0.1, 0.15) is 23.1 Å². The molecule has 1 heterocycles. The summed E-state index contributed by atoms with van der Waals surface area (Å²) in [6.07, 6.45) is 0.372. The van der Waals surface area contributed by atoms with E-state index in [1.165, 1.54) is 0 Å². The molecule has 0 saturated heterocycles. The zero-order valence-corrected chi connectivity index (χ0v) is 25.0. The summed E-state index contributed by atoms with van der Waals surface area (Å²) in [5.41, 5.74) is 4.61. The fraction of sp³-hybridized carbons (Fsp3) is 0.281. The number of rotatable bonds is 12. The number of aromatic amines is 1. The molecule has 9 nitrogen and oxygen atoms in total. The zero-order chi connectivity index (χ0) is 30.4. The molecule has 0 aliphatic heterocycles. The molecule has 42 heavy (non-hydrogen) atoms. The van der Waals surface area contributed by atoms with Crippen molar-refractivity contribution in [3.05, 3.63) is 88.4 Å². The fourth-order valence-corrected chi connectivity index (χ4v) is 4.77. The highest BCUT2D eigenvalue weighted by Crippen LogP contribution is 2.33. The van der Waals surface area contributed by atoms with E-state index in [2.05, 4.69) is 9.88 Å². The first-order valence-corrected chi connectivity index (χ1v) is 14.0. The van der Waals surface area contributed by atoms with E-state index in [1.807, 2.05) is 80.6 Å². The standard InChI is InChI=1S/C32H36ClN5O4/c1-36(2)16-17-37(3)20-28(39)38(4)25-12-10-24(11-13-25)34-31(22-7-5-6-21(18-22)8-15-29(40)41)30-26-14-9-23(33)19-27(26)35-32(30)42/h5-7,9-14,18-19,35,42H,8,15-17,20H2,1-4H3,(H,40,41). The molecule has 10 heteroatoms. The third-order valence-electron chi connectivity index (χ3n) is 6.99. The predicted octanol–water partition coefficient (Wildman–Crippen LogP) is 5.17. The van der Waals surface area contributed by atoms with Crippen molar-refractivity contribution in [1.29, 1.82) is 0 Å². The van der Waals surface area contributed by atoms with E-state index in [1.54, 1.807) is 24.1 Å². The molecule has 0 bridgehead atoms. The number of carboxylic acid groups (broad SMARTS) is 1. The third kappa shape index (κ3) is 7.76. The van der Waals surface area contributed by atoms with E-state index >= 15 is 0 Å². The Kier molecular flexibility index (Phi) is 10.0. The summed E-state index contributed by atoms with van der Waals surface area (Å²) in [4.78, 5) is 37.7. The number of aryl methyl sites for hydroxylation is 1. The number of carbonyl (C=O) groups is 2. The Labute approximate surface area is 250 Å². The Bertz CT molecular complexity index is 1600. The normalized spacial score (nSPS) is 11.9. The van der Waals surface area contributed by atoms with Crippen molar-refractivity contribution in [2.45, 2.75) is 12.8 Å². The average molecular weight is 590 g/mol. The molecule has 3 N–H and O–H groups in total. The highest BCUT2D eigenvalue weighted by atomic mass is 35.5. The molecular formula is C32H36ClN5O4. The SMILES string of the molecule is CN(C)CCN(C)CC(=O)N(C)c1ccc(N=C(c2cccc(CCC(=O)O)c2)c2c(O)[nH]c3cc(Cl)ccc23)cc1. The molecule has 0 radical (unpaired) electrons. The molecular weight excluding hydrogens is 554 g/mol. The first-order chi connectivity index (χ1) is 20.0. The average Bonchev–Trinajstić information content (AvgIpc) is 3.28. The number of aromatic hydroxyl groups is 1. The van der Waals surface area contributed by atoms with Crippen LogP contribution in [0.15, 0.2) is 71.7 Å². The molecule has 0 fully saturated rings. The predicted molar refractivity (Wildman–Crippen MR) is 169 cm³/mol. The second-order valence-electron chi connectivity index (χ2n) is 10.6. The maximum absolute atomic E-state index is 12.9. The summed E-state index contributed by atoms with van der Waals surface area (Å²) in [6, 6.07) is 20.1. The largest absolute Gasteiger partial charge is 0.494 e. The van der Waals surface area contributed by atoms with Gasteiger partial charge >= 0.3 is 5.97 Å². The van der Waals surface area contributed by atoms with Crippen molar-refractivity contribution >= 4 is 51.5 Å². The van der Waals surface area contributed by atoms with Gasteiger partial charge in [-0.3, -0.25) is 14.5 Å². The summed E-state index contributed by atoms with van der Waals surface area (Å²) in [5.74, 6) is -0.944. The second-order valence-corrected chi connectivity index (χ2v) is 11.0. The number of amides is 1. The molecule has 0 aliphatic rings. The van der Waals surface area contributed by atoms with Gasteiger partial charge in [-0.05, 0) is 75.6 Å². The van der Waals surface area contributed by atoms with E-state index in [-0.39, 0.29) is 18.2 Å². The summed E-state index contributed by atoms with van der Waals surface area (Å²) in [5, 5.41) is 21.4. The molecule has 4 rings (SSSR count). The van der Waals surface area contributed by atoms with Gasteiger partial charge in [-0.2, -0.15) is 0 Å². The lowest BCUT2D eigenvalue weighted by molar-refractivity contribution is -0.137. The zero-order valence-electron chi connectivity index (χ0n) is 24.3. The molecule has 1 amide bonds. The van der Waals surface area contributed by atoms with Gasteiger partial charge in [0.15, 0.2) is 5.88 Å². The van der Waals surface area contributed by atoms with Crippen LogP contribution in [0.25, 0.3) is 10.9 Å². The highest BCUT2D eigenvalue weighted by Gasteiger charge is 2.20. The van der Waals surface area contributed by atoms with Crippen molar-refractivity contribution < 1.29 is 19.8 Å². The minimum atomic E-state index is -0.871. The molecule has 0 saturated carbocycles. The number of nitrogens with zero attached hydrogens (tertiary/aromatic N) is 4. The number of halogens is 1. The molecule has 0 unspecified atom stereocenters. The Morgan fingerprint density at radius 3 is 2.38 bits per heavy atom. The number of fused-ring (bicyclic) bond motifs is 1. The highest BCUT2D eigenvalue weighted by molar-refractivity contribution is 6.31. The van der Waals surface area contributed by atoms with Gasteiger partial charge in [0.1, 0.15) is 0 Å². The van der Waals surface area contributed by atoms with Gasteiger partial charge in [0.25, 0.3) is 0 Å². The van der Waals surface area contributed by atoms with E-state index in [0.29, 0.717) is 40.5 Å². The smallest absolute Gasteiger partial charge is 0.303 e. The quantitative estimate of drug-likeness (QED) is 0.197. The minimum absolute atomic E-state index is 0.00586. The summed E-state index contributed by atoms with van der Waals surface area (Å²) >= 11 is 6.19. The minimum Gasteiger partial charge on any atom is -0.494 e. The Hall–Kier alpha value is -4.18. The van der Waals surface area contributed by atoms with Crippen LogP contribution in [0.3, 0.4) is 0 Å². The summed E-state index contributed by atoms with van der Waals surface area (Å²) in [6.45, 7) is 1.95. The first-order valence-electron chi connectivity index (χ1n) is 13.6. The van der Waals surface area contributed by atoms with Crippen molar-refractivity contribution in [2.75, 3.05) is 52.7 Å². The van der Waals surface area contributed by atoms with Crippen LogP contribution in [0.4, 0.5) is 11.4 Å². The van der Waals surface area contributed by atoms with E-state index in [4.69, 9.17) is 21.7 Å². The third-order valence-corrected chi connectivity index (χ3v) is 7.23. The van der Waals surface area contributed by atoms with Gasteiger partial charge in [-0.25, -0.2) is 4.99 Å². The number of benzene rings is 3. The Balaban J connectivity index is 1.68. The number of likely N-dealkylation sites (N-methyl/N-ethyl adjacent to an activating group) is 3. The lowest BCUT2D eigenvalue weighted by Crippen LogP contribution is -2.39. The second kappa shape index (κ2) is 13.7. The van der Waals surface area contributed by atoms with Crippen molar-refractivity contribution in [3.8, 4) is 5.88 Å². The molecule has 3 aromatic carbocycles. The van der Waals surface area contributed by atoms with E-state index < -0.39 is 5.97 Å². The van der Waals surface area contributed by atoms with Gasteiger partial charge in [0.2, 0.25) is 5.91 Å². The van der Waals surface area contributed by atoms with Gasteiger partial charge in [0.05, 0.1) is 29.0 Å². The Morgan fingerprint density at radius 1 is 0.952 bits per heavy atom. The van der Waals surface area contributed by atoms with Crippen molar-refractivity contribution in [3.63, 3.8) is 0 Å². The van der Waals surface area contributed by atoms with Crippen LogP contribution < -0.4 is 4.90 Å². The lowest BCUT2D eigenvalue weighted by atomic mass is 9.97. The van der Waals surface area contributed by atoms with Gasteiger partial charge in [0, 0.05) is 48.2 Å². The number of hydrogen-bond acceptors (Lipinski definition) is 6. The van der Waals surface area contributed by atoms with Crippen molar-refractivity contribution in [1.82, 2.24) is 14.8 Å². The maximum atomic E-state index is 12.9. The molecule has 0 spiro atoms. The number of hydrogen-bond donors (Lipinski definition) is 3. The Morgan fingerprint density at radius 2 is 1.69 bits per heavy atom. The van der Waals surface area contributed by atoms with Gasteiger partial charge in [-0.15, -0.1) is 0 Å². The first kappa shape index (κ1) is 30.8. The molecule has 220 valence electrons. The van der Waals surface area contributed by atoms with Gasteiger partial charge < -0.3 is 25.0 Å². The number of carbonyl (C=O) groups excluding carboxylic acids is 1. The van der Waals surface area contributed by atoms with Crippen LogP contribution in [0.2, 0.25) is 5.02 Å². The lowest BCUT2D eigenvalue weighted by Gasteiger charge is -2.23. The molecule has 0 atom stereocenters. The number of carboxylic acids is 1. The topological polar surface area (TPSA) is 112 Å². The van der Waals surface area contributed by atoms with Crippen LogP contribution >= 0.6 is 11.6 Å². The maximum Gasteiger partial charge on any atom is 0.303 e. The number of aliphatic imine (C=N–C) groups is 1.